The highest BCUT2D eigenvalue weighted by molar-refractivity contribution is 5.86. The predicted octanol–water partition coefficient (Wildman–Crippen LogP) is 21.4. The van der Waals surface area contributed by atoms with Crippen LogP contribution >= 0.6 is 0 Å². The summed E-state index contributed by atoms with van der Waals surface area (Å²) >= 11 is 0. The molecule has 0 aliphatic rings. The summed E-state index contributed by atoms with van der Waals surface area (Å²) in [7, 11) is 0. The Bertz CT molecular complexity index is 909. The summed E-state index contributed by atoms with van der Waals surface area (Å²) in [4.78, 5) is 23.7. The van der Waals surface area contributed by atoms with E-state index in [-0.39, 0.29) is 5.97 Å². The maximum Gasteiger partial charge on any atom is 0.333 e. The van der Waals surface area contributed by atoms with Crippen LogP contribution in [-0.2, 0) is 14.3 Å². The number of ether oxygens (including phenoxy) is 1. The largest absolute Gasteiger partial charge is 0.462 e. The van der Waals surface area contributed by atoms with Crippen LogP contribution in [0.3, 0.4) is 0 Å². The summed E-state index contributed by atoms with van der Waals surface area (Å²) in [6.07, 6.45) is 72.7. The van der Waals surface area contributed by atoms with Gasteiger partial charge in [-0.1, -0.05) is 322 Å². The van der Waals surface area contributed by atoms with Gasteiger partial charge in [0.1, 0.15) is 5.78 Å². The summed E-state index contributed by atoms with van der Waals surface area (Å²) in [5, 5.41) is 0. The zero-order valence-corrected chi connectivity index (χ0v) is 43.6. The lowest BCUT2D eigenvalue weighted by atomic mass is 10.0. The van der Waals surface area contributed by atoms with Crippen molar-refractivity contribution < 1.29 is 14.3 Å². The van der Waals surface area contributed by atoms with Gasteiger partial charge in [0, 0.05) is 18.4 Å². The van der Waals surface area contributed by atoms with E-state index in [4.69, 9.17) is 4.74 Å². The first-order chi connectivity index (χ1) is 31.1. The average molecular weight is 886 g/mol. The van der Waals surface area contributed by atoms with Gasteiger partial charge in [0.25, 0.3) is 0 Å². The van der Waals surface area contributed by atoms with Crippen molar-refractivity contribution in [2.75, 3.05) is 6.61 Å². The van der Waals surface area contributed by atoms with Crippen LogP contribution in [0.25, 0.3) is 0 Å². The summed E-state index contributed by atoms with van der Waals surface area (Å²) in [5.74, 6) is 0.275. The van der Waals surface area contributed by atoms with Crippen molar-refractivity contribution in [3.63, 3.8) is 0 Å². The number of Topliss-reactive ketones (excluding diaryl/α,β-unsaturated/α-hetero) is 1. The molecule has 0 aromatic carbocycles. The van der Waals surface area contributed by atoms with Gasteiger partial charge in [-0.2, -0.15) is 0 Å². The Morgan fingerprint density at radius 2 is 0.460 bits per heavy atom. The molecule has 0 heterocycles. The number of carbonyl (C=O) groups excluding carboxylic acids is 2. The second-order valence-corrected chi connectivity index (χ2v) is 20.6. The number of hydrogen-bond acceptors (Lipinski definition) is 3. The number of unbranched alkanes of at least 4 members (excludes halogenated alkanes) is 49. The lowest BCUT2D eigenvalue weighted by Gasteiger charge is -2.05. The fourth-order valence-electron chi connectivity index (χ4n) is 9.54. The van der Waals surface area contributed by atoms with Gasteiger partial charge in [-0.15, -0.1) is 0 Å². The zero-order valence-electron chi connectivity index (χ0n) is 43.6. The van der Waals surface area contributed by atoms with Crippen LogP contribution in [-0.4, -0.2) is 18.4 Å². The van der Waals surface area contributed by atoms with Gasteiger partial charge in [0.15, 0.2) is 0 Å². The number of rotatable bonds is 56. The van der Waals surface area contributed by atoms with Gasteiger partial charge in [-0.05, 0) is 26.2 Å². The summed E-state index contributed by atoms with van der Waals surface area (Å²) in [6.45, 7) is 8.16. The van der Waals surface area contributed by atoms with E-state index in [9.17, 15) is 9.59 Å². The molecule has 0 atom stereocenters. The van der Waals surface area contributed by atoms with Gasteiger partial charge >= 0.3 is 5.97 Å². The molecule has 0 N–H and O–H groups in total. The highest BCUT2D eigenvalue weighted by Gasteiger charge is 2.04. The van der Waals surface area contributed by atoms with Crippen LogP contribution in [0.15, 0.2) is 12.2 Å². The standard InChI is InChI=1S/C60H116O3/c1-4-5-6-7-8-9-10-11-12-13-14-15-16-19-22-25-28-31-34-37-40-43-46-49-52-55-59(61)56-53-50-47-44-41-38-35-32-29-26-23-20-17-18-21-24-27-30-33-36-39-42-45-48-51-54-57-63-60(62)58(2)3/h2,4-57H2,1,3H3. The molecule has 0 unspecified atom stereocenters. The van der Waals surface area contributed by atoms with E-state index in [0.717, 1.165) is 38.5 Å². The Kier molecular flexibility index (Phi) is 54.2. The highest BCUT2D eigenvalue weighted by Crippen LogP contribution is 2.19. The van der Waals surface area contributed by atoms with Crippen molar-refractivity contribution in [1.29, 1.82) is 0 Å². The smallest absolute Gasteiger partial charge is 0.333 e. The lowest BCUT2D eigenvalue weighted by molar-refractivity contribution is -0.139. The number of esters is 1. The molecule has 0 aliphatic carbocycles. The molecule has 374 valence electrons. The van der Waals surface area contributed by atoms with E-state index in [1.165, 1.54) is 302 Å². The highest BCUT2D eigenvalue weighted by atomic mass is 16.5. The number of carbonyl (C=O) groups is 2. The van der Waals surface area contributed by atoms with E-state index < -0.39 is 0 Å². The molecule has 0 aromatic rings. The molecule has 0 fully saturated rings. The van der Waals surface area contributed by atoms with E-state index in [2.05, 4.69) is 13.5 Å². The number of ketones is 1. The van der Waals surface area contributed by atoms with Gasteiger partial charge in [0.05, 0.1) is 6.61 Å². The summed E-state index contributed by atoms with van der Waals surface area (Å²) in [6, 6.07) is 0. The maximum absolute atomic E-state index is 12.3. The minimum Gasteiger partial charge on any atom is -0.462 e. The Labute approximate surface area is 397 Å². The number of hydrogen-bond donors (Lipinski definition) is 0. The van der Waals surface area contributed by atoms with Crippen molar-refractivity contribution in [3.05, 3.63) is 12.2 Å². The monoisotopic (exact) mass is 885 g/mol. The third kappa shape index (κ3) is 55.1. The van der Waals surface area contributed by atoms with E-state index in [1.807, 2.05) is 0 Å². The van der Waals surface area contributed by atoms with Crippen molar-refractivity contribution in [1.82, 2.24) is 0 Å². The Hall–Kier alpha value is -1.12. The molecule has 0 spiro atoms. The molecule has 0 rings (SSSR count). The fourth-order valence-corrected chi connectivity index (χ4v) is 9.54. The zero-order chi connectivity index (χ0) is 45.6. The van der Waals surface area contributed by atoms with Gasteiger partial charge in [0.2, 0.25) is 0 Å². The van der Waals surface area contributed by atoms with Gasteiger partial charge in [-0.25, -0.2) is 4.79 Å². The van der Waals surface area contributed by atoms with E-state index in [0.29, 0.717) is 18.0 Å². The molecule has 0 aliphatic heterocycles. The maximum atomic E-state index is 12.3. The summed E-state index contributed by atoms with van der Waals surface area (Å²) < 4.78 is 5.15. The quantitative estimate of drug-likeness (QED) is 0.0347. The third-order valence-electron chi connectivity index (χ3n) is 14.0. The molecule has 0 bridgehead atoms. The Morgan fingerprint density at radius 1 is 0.286 bits per heavy atom. The molecular weight excluding hydrogens is 769 g/mol. The second-order valence-electron chi connectivity index (χ2n) is 20.6. The van der Waals surface area contributed by atoms with Crippen molar-refractivity contribution in [2.24, 2.45) is 0 Å². The van der Waals surface area contributed by atoms with Crippen LogP contribution in [0, 0.1) is 0 Å². The van der Waals surface area contributed by atoms with Crippen LogP contribution in [0.2, 0.25) is 0 Å². The first-order valence-corrected chi connectivity index (χ1v) is 29.4. The topological polar surface area (TPSA) is 43.4 Å². The minimum atomic E-state index is -0.253. The first kappa shape index (κ1) is 61.9. The van der Waals surface area contributed by atoms with Crippen LogP contribution < -0.4 is 0 Å². The SMILES string of the molecule is C=C(C)C(=O)OCCCCCCCCCCCCCCCCCCCCCCCCCCCCC(=O)CCCCCCCCCCCCCCCCCCCCCCCCCCC. The lowest BCUT2D eigenvalue weighted by Crippen LogP contribution is -2.05. The van der Waals surface area contributed by atoms with E-state index in [1.54, 1.807) is 6.92 Å². The molecular formula is C60H116O3. The second kappa shape index (κ2) is 55.2. The van der Waals surface area contributed by atoms with Crippen LogP contribution in [0.5, 0.6) is 0 Å². The fraction of sp³-hybridized carbons (Fsp3) is 0.933. The molecule has 3 heteroatoms. The summed E-state index contributed by atoms with van der Waals surface area (Å²) in [5.41, 5.74) is 0.493. The van der Waals surface area contributed by atoms with Crippen LogP contribution in [0.4, 0.5) is 0 Å². The molecule has 0 aromatic heterocycles. The van der Waals surface area contributed by atoms with Gasteiger partial charge in [-0.3, -0.25) is 4.79 Å². The predicted molar refractivity (Wildman–Crippen MR) is 281 cm³/mol. The van der Waals surface area contributed by atoms with E-state index >= 15 is 0 Å². The Balaban J connectivity index is 3.16. The molecule has 0 saturated heterocycles. The van der Waals surface area contributed by atoms with Crippen molar-refractivity contribution >= 4 is 11.8 Å². The minimum absolute atomic E-state index is 0.253. The van der Waals surface area contributed by atoms with Crippen molar-refractivity contribution in [2.45, 2.75) is 354 Å². The Morgan fingerprint density at radius 3 is 0.651 bits per heavy atom. The molecule has 0 radical (unpaired) electrons. The third-order valence-corrected chi connectivity index (χ3v) is 14.0. The normalized spacial score (nSPS) is 11.5. The van der Waals surface area contributed by atoms with Gasteiger partial charge < -0.3 is 4.74 Å². The first-order valence-electron chi connectivity index (χ1n) is 29.4. The molecule has 0 saturated carbocycles. The molecule has 3 nitrogen and oxygen atoms in total. The molecule has 63 heavy (non-hydrogen) atoms. The van der Waals surface area contributed by atoms with Crippen molar-refractivity contribution in [3.8, 4) is 0 Å². The average Bonchev–Trinajstić information content (AvgIpc) is 3.28. The molecule has 0 amide bonds. The van der Waals surface area contributed by atoms with Crippen LogP contribution in [0.1, 0.15) is 354 Å².